The minimum Gasteiger partial charge on any atom is -0.448 e. The van der Waals surface area contributed by atoms with Crippen molar-refractivity contribution in [2.75, 3.05) is 0 Å². The van der Waals surface area contributed by atoms with E-state index in [1.165, 1.54) is 18.2 Å². The normalized spacial score (nSPS) is 12.9. The maximum absolute atomic E-state index is 13.8. The van der Waals surface area contributed by atoms with Crippen molar-refractivity contribution in [2.45, 2.75) is 24.8 Å². The summed E-state index contributed by atoms with van der Waals surface area (Å²) in [6.45, 7) is 3.42. The molecule has 1 unspecified atom stereocenters. The molecule has 0 aliphatic heterocycles. The number of hydrogen-bond acceptors (Lipinski definition) is 4. The van der Waals surface area contributed by atoms with Crippen LogP contribution in [0.4, 0.5) is 4.39 Å². The lowest BCUT2D eigenvalue weighted by molar-refractivity contribution is 0.0913. The molecule has 136 valence electrons. The number of amides is 1. The average Bonchev–Trinajstić information content (AvgIpc) is 2.93. The Balaban J connectivity index is 1.84. The van der Waals surface area contributed by atoms with Crippen LogP contribution in [0.2, 0.25) is 0 Å². The van der Waals surface area contributed by atoms with Crippen molar-refractivity contribution in [3.05, 3.63) is 65.2 Å². The molecule has 0 spiro atoms. The van der Waals surface area contributed by atoms with E-state index in [2.05, 4.69) is 5.32 Å². The van der Waals surface area contributed by atoms with E-state index < -0.39 is 27.8 Å². The Hall–Kier alpha value is -2.71. The monoisotopic (exact) mass is 376 g/mol. The number of carbonyl (C=O) groups is 1. The number of sulfonamides is 1. The van der Waals surface area contributed by atoms with Gasteiger partial charge in [-0.3, -0.25) is 4.79 Å². The van der Waals surface area contributed by atoms with E-state index in [1.807, 2.05) is 0 Å². The molecule has 0 aliphatic rings. The second-order valence-electron chi connectivity index (χ2n) is 5.98. The number of nitrogens with one attached hydrogen (secondary N) is 1. The quantitative estimate of drug-likeness (QED) is 0.730. The summed E-state index contributed by atoms with van der Waals surface area (Å²) >= 11 is 0. The third-order valence-electron chi connectivity index (χ3n) is 4.18. The van der Waals surface area contributed by atoms with Gasteiger partial charge in [-0.25, -0.2) is 17.9 Å². The van der Waals surface area contributed by atoms with Gasteiger partial charge in [-0.15, -0.1) is 0 Å². The first kappa shape index (κ1) is 18.1. The lowest BCUT2D eigenvalue weighted by Gasteiger charge is -2.14. The first-order valence-electron chi connectivity index (χ1n) is 7.79. The fraction of sp³-hybridized carbons (Fsp3) is 0.167. The highest BCUT2D eigenvalue weighted by atomic mass is 32.2. The molecule has 1 amide bonds. The molecular weight excluding hydrogens is 359 g/mol. The lowest BCUT2D eigenvalue weighted by atomic mass is 10.1. The molecule has 2 aromatic carbocycles. The zero-order valence-corrected chi connectivity index (χ0v) is 14.9. The molecule has 1 atom stereocenters. The van der Waals surface area contributed by atoms with Crippen LogP contribution in [0.5, 0.6) is 0 Å². The van der Waals surface area contributed by atoms with Crippen molar-refractivity contribution in [1.82, 2.24) is 5.32 Å². The van der Waals surface area contributed by atoms with Gasteiger partial charge in [-0.05, 0) is 37.6 Å². The van der Waals surface area contributed by atoms with Crippen molar-refractivity contribution in [1.29, 1.82) is 0 Å². The van der Waals surface area contributed by atoms with Crippen LogP contribution in [0, 0.1) is 12.7 Å². The SMILES string of the molecule is Cc1c(C(=O)NC(C)c2ccc(S(N)(=O)=O)cc2)oc2c(F)cccc12. The maximum Gasteiger partial charge on any atom is 0.287 e. The predicted octanol–water partition coefficient (Wildman–Crippen LogP) is 3.02. The minimum absolute atomic E-state index is 0.0108. The second-order valence-corrected chi connectivity index (χ2v) is 7.54. The number of hydrogen-bond donors (Lipinski definition) is 2. The Kier molecular flexibility index (Phi) is 4.55. The molecule has 0 saturated heterocycles. The summed E-state index contributed by atoms with van der Waals surface area (Å²) in [4.78, 5) is 12.5. The highest BCUT2D eigenvalue weighted by Crippen LogP contribution is 2.27. The van der Waals surface area contributed by atoms with Gasteiger partial charge in [0.15, 0.2) is 17.2 Å². The highest BCUT2D eigenvalue weighted by molar-refractivity contribution is 7.89. The zero-order valence-electron chi connectivity index (χ0n) is 14.1. The van der Waals surface area contributed by atoms with E-state index in [0.29, 0.717) is 16.5 Å². The van der Waals surface area contributed by atoms with Gasteiger partial charge >= 0.3 is 0 Å². The number of fused-ring (bicyclic) bond motifs is 1. The van der Waals surface area contributed by atoms with E-state index in [0.717, 1.165) is 0 Å². The number of halogens is 1. The Morgan fingerprint density at radius 2 is 1.85 bits per heavy atom. The van der Waals surface area contributed by atoms with Crippen LogP contribution >= 0.6 is 0 Å². The Morgan fingerprint density at radius 1 is 1.19 bits per heavy atom. The Morgan fingerprint density at radius 3 is 2.42 bits per heavy atom. The highest BCUT2D eigenvalue weighted by Gasteiger charge is 2.21. The third kappa shape index (κ3) is 3.33. The summed E-state index contributed by atoms with van der Waals surface area (Å²) in [5.74, 6) is -0.976. The maximum atomic E-state index is 13.8. The summed E-state index contributed by atoms with van der Waals surface area (Å²) < 4.78 is 41.8. The zero-order chi connectivity index (χ0) is 19.1. The van der Waals surface area contributed by atoms with Crippen LogP contribution in [-0.4, -0.2) is 14.3 Å². The molecule has 8 heteroatoms. The van der Waals surface area contributed by atoms with Crippen LogP contribution in [0.3, 0.4) is 0 Å². The average molecular weight is 376 g/mol. The standard InChI is InChI=1S/C18H17FN2O4S/c1-10-14-4-3-5-15(19)17(14)25-16(10)18(22)21-11(2)12-6-8-13(9-7-12)26(20,23)24/h3-9,11H,1-2H3,(H,21,22)(H2,20,23,24). The van der Waals surface area contributed by atoms with Gasteiger partial charge in [0, 0.05) is 10.9 Å². The van der Waals surface area contributed by atoms with E-state index in [-0.39, 0.29) is 16.2 Å². The number of primary sulfonamides is 1. The second kappa shape index (κ2) is 6.54. The van der Waals surface area contributed by atoms with Crippen LogP contribution in [0.25, 0.3) is 11.0 Å². The lowest BCUT2D eigenvalue weighted by Crippen LogP contribution is -2.26. The number of carbonyl (C=O) groups excluding carboxylic acids is 1. The van der Waals surface area contributed by atoms with E-state index >= 15 is 0 Å². The minimum atomic E-state index is -3.77. The summed E-state index contributed by atoms with van der Waals surface area (Å²) in [7, 11) is -3.77. The summed E-state index contributed by atoms with van der Waals surface area (Å²) in [6, 6.07) is 9.95. The molecule has 0 fully saturated rings. The Bertz CT molecular complexity index is 1090. The van der Waals surface area contributed by atoms with Gasteiger partial charge in [0.05, 0.1) is 10.9 Å². The van der Waals surface area contributed by atoms with Gasteiger partial charge in [0.1, 0.15) is 0 Å². The van der Waals surface area contributed by atoms with E-state index in [1.54, 1.807) is 38.1 Å². The fourth-order valence-electron chi connectivity index (χ4n) is 2.72. The molecule has 0 radical (unpaired) electrons. The molecule has 1 heterocycles. The molecular formula is C18H17FN2O4S. The van der Waals surface area contributed by atoms with Gasteiger partial charge in [-0.2, -0.15) is 0 Å². The number of rotatable bonds is 4. The van der Waals surface area contributed by atoms with Crippen molar-refractivity contribution in [3.63, 3.8) is 0 Å². The first-order chi connectivity index (χ1) is 12.2. The first-order valence-corrected chi connectivity index (χ1v) is 9.34. The van der Waals surface area contributed by atoms with Crippen LogP contribution in [0.15, 0.2) is 51.8 Å². The van der Waals surface area contributed by atoms with E-state index in [4.69, 9.17) is 9.56 Å². The van der Waals surface area contributed by atoms with Gasteiger partial charge in [-0.1, -0.05) is 24.3 Å². The fourth-order valence-corrected chi connectivity index (χ4v) is 3.23. The van der Waals surface area contributed by atoms with Crippen molar-refractivity contribution >= 4 is 26.9 Å². The number of aryl methyl sites for hydroxylation is 1. The number of nitrogens with two attached hydrogens (primary N) is 1. The topological polar surface area (TPSA) is 102 Å². The van der Waals surface area contributed by atoms with Crippen molar-refractivity contribution < 1.29 is 22.0 Å². The molecule has 0 bridgehead atoms. The molecule has 1 aromatic heterocycles. The van der Waals surface area contributed by atoms with Crippen LogP contribution in [-0.2, 0) is 10.0 Å². The van der Waals surface area contributed by atoms with Crippen molar-refractivity contribution in [2.24, 2.45) is 5.14 Å². The molecule has 6 nitrogen and oxygen atoms in total. The van der Waals surface area contributed by atoms with Crippen molar-refractivity contribution in [3.8, 4) is 0 Å². The van der Waals surface area contributed by atoms with E-state index in [9.17, 15) is 17.6 Å². The molecule has 3 N–H and O–H groups in total. The number of benzene rings is 2. The predicted molar refractivity (Wildman–Crippen MR) is 94.6 cm³/mol. The van der Waals surface area contributed by atoms with Crippen LogP contribution in [0.1, 0.15) is 34.6 Å². The third-order valence-corrected chi connectivity index (χ3v) is 5.11. The summed E-state index contributed by atoms with van der Waals surface area (Å²) in [5.41, 5.74) is 1.28. The molecule has 26 heavy (non-hydrogen) atoms. The smallest absolute Gasteiger partial charge is 0.287 e. The molecule has 3 rings (SSSR count). The molecule has 3 aromatic rings. The van der Waals surface area contributed by atoms with Crippen LogP contribution < -0.4 is 10.5 Å². The molecule has 0 aliphatic carbocycles. The van der Waals surface area contributed by atoms with Gasteiger partial charge < -0.3 is 9.73 Å². The van der Waals surface area contributed by atoms with Gasteiger partial charge in [0.25, 0.3) is 5.91 Å². The number of furan rings is 1. The largest absolute Gasteiger partial charge is 0.448 e. The summed E-state index contributed by atoms with van der Waals surface area (Å²) in [6.07, 6.45) is 0. The van der Waals surface area contributed by atoms with Gasteiger partial charge in [0.2, 0.25) is 10.0 Å². The summed E-state index contributed by atoms with van der Waals surface area (Å²) in [5, 5.41) is 8.36. The molecule has 0 saturated carbocycles. The Labute approximate surface area is 149 Å². The number of para-hydroxylation sites is 1.